The first-order valence-electron chi connectivity index (χ1n) is 7.69. The number of rotatable bonds is 9. The molecule has 0 aliphatic rings. The lowest BCUT2D eigenvalue weighted by atomic mass is 10.2. The maximum Gasteiger partial charge on any atom is 0.163 e. The van der Waals surface area contributed by atoms with Gasteiger partial charge in [-0.2, -0.15) is 0 Å². The zero-order valence-electron chi connectivity index (χ0n) is 13.5. The predicted molar refractivity (Wildman–Crippen MR) is 97.2 cm³/mol. The predicted octanol–water partition coefficient (Wildman–Crippen LogP) is 4.05. The largest absolute Gasteiger partial charge is 0.493 e. The molecule has 0 unspecified atom stereocenters. The molecule has 0 amide bonds. The maximum atomic E-state index is 8.79. The zero-order valence-corrected chi connectivity index (χ0v) is 15.0. The Labute approximate surface area is 152 Å². The van der Waals surface area contributed by atoms with Crippen LogP contribution in [-0.4, -0.2) is 25.4 Å². The summed E-state index contributed by atoms with van der Waals surface area (Å²) >= 11 is 12.2. The van der Waals surface area contributed by atoms with Crippen LogP contribution in [0.3, 0.4) is 0 Å². The summed E-state index contributed by atoms with van der Waals surface area (Å²) in [6, 6.07) is 11.1. The van der Waals surface area contributed by atoms with Crippen molar-refractivity contribution in [3.63, 3.8) is 0 Å². The average molecular weight is 370 g/mol. The highest BCUT2D eigenvalue weighted by atomic mass is 35.5. The number of aliphatic hydroxyl groups is 1. The van der Waals surface area contributed by atoms with Crippen LogP contribution in [-0.2, 0) is 13.2 Å². The fourth-order valence-electron chi connectivity index (χ4n) is 2.15. The average Bonchev–Trinajstić information content (AvgIpc) is 2.59. The van der Waals surface area contributed by atoms with Crippen LogP contribution in [0.4, 0.5) is 0 Å². The fraction of sp³-hybridized carbons (Fsp3) is 0.333. The van der Waals surface area contributed by atoms with Gasteiger partial charge in [0, 0.05) is 29.3 Å². The van der Waals surface area contributed by atoms with Gasteiger partial charge in [0.25, 0.3) is 0 Å². The highest BCUT2D eigenvalue weighted by Crippen LogP contribution is 2.34. The number of benzene rings is 2. The second kappa shape index (κ2) is 9.74. The Bertz CT molecular complexity index is 647. The molecule has 0 spiro atoms. The molecule has 2 rings (SSSR count). The smallest absolute Gasteiger partial charge is 0.163 e. The highest BCUT2D eigenvalue weighted by molar-refractivity contribution is 6.31. The summed E-state index contributed by atoms with van der Waals surface area (Å²) in [4.78, 5) is 0. The minimum absolute atomic E-state index is 0.168. The van der Waals surface area contributed by atoms with Crippen LogP contribution in [0, 0.1) is 0 Å². The quantitative estimate of drug-likeness (QED) is 0.654. The van der Waals surface area contributed by atoms with Gasteiger partial charge in [0.15, 0.2) is 11.5 Å². The van der Waals surface area contributed by atoms with E-state index in [0.29, 0.717) is 41.1 Å². The molecule has 24 heavy (non-hydrogen) atoms. The standard InChI is InChI=1S/C18H21Cl2NO3/c1-23-17-9-14(11-21-7-2-8-22)16(20)10-18(17)24-12-13-3-5-15(19)6-4-13/h3-6,9-10,21-22H,2,7-8,11-12H2,1H3. The van der Waals surface area contributed by atoms with Gasteiger partial charge in [0.05, 0.1) is 7.11 Å². The number of hydrogen-bond acceptors (Lipinski definition) is 4. The molecule has 130 valence electrons. The van der Waals surface area contributed by atoms with E-state index in [2.05, 4.69) is 5.32 Å². The van der Waals surface area contributed by atoms with Gasteiger partial charge < -0.3 is 19.9 Å². The molecule has 0 atom stereocenters. The molecule has 2 N–H and O–H groups in total. The molecule has 0 saturated heterocycles. The van der Waals surface area contributed by atoms with Crippen molar-refractivity contribution >= 4 is 23.2 Å². The van der Waals surface area contributed by atoms with Gasteiger partial charge in [-0.15, -0.1) is 0 Å². The van der Waals surface area contributed by atoms with Crippen molar-refractivity contribution < 1.29 is 14.6 Å². The van der Waals surface area contributed by atoms with Crippen LogP contribution < -0.4 is 14.8 Å². The van der Waals surface area contributed by atoms with E-state index in [1.165, 1.54) is 0 Å². The first kappa shape index (κ1) is 18.9. The minimum Gasteiger partial charge on any atom is -0.493 e. The Morgan fingerprint density at radius 1 is 1.08 bits per heavy atom. The van der Waals surface area contributed by atoms with Crippen LogP contribution in [0.25, 0.3) is 0 Å². The third-order valence-corrected chi connectivity index (χ3v) is 4.07. The lowest BCUT2D eigenvalue weighted by Gasteiger charge is -2.14. The molecule has 0 heterocycles. The summed E-state index contributed by atoms with van der Waals surface area (Å²) < 4.78 is 11.2. The van der Waals surface area contributed by atoms with Crippen molar-refractivity contribution in [2.24, 2.45) is 0 Å². The number of hydrogen-bond donors (Lipinski definition) is 2. The van der Waals surface area contributed by atoms with Crippen LogP contribution >= 0.6 is 23.2 Å². The Morgan fingerprint density at radius 3 is 2.50 bits per heavy atom. The molecule has 2 aromatic rings. The first-order chi connectivity index (χ1) is 11.6. The third kappa shape index (κ3) is 5.56. The molecule has 4 nitrogen and oxygen atoms in total. The van der Waals surface area contributed by atoms with E-state index in [1.807, 2.05) is 30.3 Å². The van der Waals surface area contributed by atoms with E-state index in [-0.39, 0.29) is 6.61 Å². The third-order valence-electron chi connectivity index (χ3n) is 3.47. The molecule has 0 saturated carbocycles. The topological polar surface area (TPSA) is 50.7 Å². The SMILES string of the molecule is COc1cc(CNCCCO)c(Cl)cc1OCc1ccc(Cl)cc1. The van der Waals surface area contributed by atoms with E-state index in [1.54, 1.807) is 13.2 Å². The second-order valence-electron chi connectivity index (χ2n) is 5.26. The van der Waals surface area contributed by atoms with Crippen LogP contribution in [0.15, 0.2) is 36.4 Å². The van der Waals surface area contributed by atoms with E-state index in [9.17, 15) is 0 Å². The van der Waals surface area contributed by atoms with E-state index in [4.69, 9.17) is 37.8 Å². The van der Waals surface area contributed by atoms with Gasteiger partial charge in [-0.05, 0) is 42.3 Å². The Balaban J connectivity index is 2.03. The normalized spacial score (nSPS) is 10.7. The monoisotopic (exact) mass is 369 g/mol. The summed E-state index contributed by atoms with van der Waals surface area (Å²) in [5, 5.41) is 13.3. The highest BCUT2D eigenvalue weighted by Gasteiger charge is 2.11. The van der Waals surface area contributed by atoms with Gasteiger partial charge in [0.1, 0.15) is 6.61 Å². The molecule has 0 aromatic heterocycles. The summed E-state index contributed by atoms with van der Waals surface area (Å²) in [6.07, 6.45) is 0.705. The van der Waals surface area contributed by atoms with Crippen LogP contribution in [0.1, 0.15) is 17.5 Å². The zero-order chi connectivity index (χ0) is 17.4. The maximum absolute atomic E-state index is 8.79. The molecular formula is C18H21Cl2NO3. The number of aliphatic hydroxyl groups excluding tert-OH is 1. The molecule has 0 aliphatic carbocycles. The molecule has 6 heteroatoms. The molecular weight excluding hydrogens is 349 g/mol. The van der Waals surface area contributed by atoms with E-state index >= 15 is 0 Å². The number of halogens is 2. The molecule has 2 aromatic carbocycles. The second-order valence-corrected chi connectivity index (χ2v) is 6.11. The van der Waals surface area contributed by atoms with Crippen LogP contribution in [0.5, 0.6) is 11.5 Å². The van der Waals surface area contributed by atoms with Gasteiger partial charge in [-0.3, -0.25) is 0 Å². The van der Waals surface area contributed by atoms with E-state index in [0.717, 1.165) is 17.7 Å². The van der Waals surface area contributed by atoms with Crippen LogP contribution in [0.2, 0.25) is 10.0 Å². The van der Waals surface area contributed by atoms with Gasteiger partial charge in [-0.1, -0.05) is 35.3 Å². The van der Waals surface area contributed by atoms with Crippen molar-refractivity contribution in [1.29, 1.82) is 0 Å². The first-order valence-corrected chi connectivity index (χ1v) is 8.45. The summed E-state index contributed by atoms with van der Waals surface area (Å²) in [5.41, 5.74) is 1.93. The van der Waals surface area contributed by atoms with Crippen molar-refractivity contribution in [2.75, 3.05) is 20.3 Å². The number of ether oxygens (including phenoxy) is 2. The van der Waals surface area contributed by atoms with Crippen molar-refractivity contribution in [2.45, 2.75) is 19.6 Å². The minimum atomic E-state index is 0.168. The molecule has 0 bridgehead atoms. The molecule has 0 fully saturated rings. The van der Waals surface area contributed by atoms with Crippen molar-refractivity contribution in [3.05, 3.63) is 57.6 Å². The summed E-state index contributed by atoms with van der Waals surface area (Å²) in [5.74, 6) is 1.23. The fourth-order valence-corrected chi connectivity index (χ4v) is 2.50. The number of nitrogens with one attached hydrogen (secondary N) is 1. The Hall–Kier alpha value is -1.46. The lowest BCUT2D eigenvalue weighted by molar-refractivity contribution is 0.284. The number of methoxy groups -OCH3 is 1. The lowest BCUT2D eigenvalue weighted by Crippen LogP contribution is -2.16. The molecule has 0 radical (unpaired) electrons. The summed E-state index contributed by atoms with van der Waals surface area (Å²) in [6.45, 7) is 1.90. The van der Waals surface area contributed by atoms with Crippen molar-refractivity contribution in [1.82, 2.24) is 5.32 Å². The van der Waals surface area contributed by atoms with Crippen molar-refractivity contribution in [3.8, 4) is 11.5 Å². The van der Waals surface area contributed by atoms with Gasteiger partial charge in [-0.25, -0.2) is 0 Å². The molecule has 0 aliphatic heterocycles. The van der Waals surface area contributed by atoms with Gasteiger partial charge >= 0.3 is 0 Å². The summed E-state index contributed by atoms with van der Waals surface area (Å²) in [7, 11) is 1.60. The van der Waals surface area contributed by atoms with Gasteiger partial charge in [0.2, 0.25) is 0 Å². The van der Waals surface area contributed by atoms with E-state index < -0.39 is 0 Å². The Morgan fingerprint density at radius 2 is 1.83 bits per heavy atom. The Kier molecular flexibility index (Phi) is 7.66.